The van der Waals surface area contributed by atoms with Gasteiger partial charge in [0.2, 0.25) is 0 Å². The Morgan fingerprint density at radius 1 is 1.29 bits per heavy atom. The van der Waals surface area contributed by atoms with Crippen LogP contribution in [0.4, 0.5) is 4.39 Å². The van der Waals surface area contributed by atoms with Crippen LogP contribution in [0.2, 0.25) is 5.02 Å². The van der Waals surface area contributed by atoms with Gasteiger partial charge >= 0.3 is 0 Å². The highest BCUT2D eigenvalue weighted by Crippen LogP contribution is 2.28. The molecule has 0 amide bonds. The van der Waals surface area contributed by atoms with Crippen LogP contribution in [0.25, 0.3) is 16.7 Å². The minimum atomic E-state index is -0.499. The van der Waals surface area contributed by atoms with Crippen LogP contribution >= 0.6 is 23.2 Å². The highest BCUT2D eigenvalue weighted by Gasteiger charge is 2.14. The molecule has 0 spiro atoms. The number of alkyl halides is 1. The van der Waals surface area contributed by atoms with Crippen molar-refractivity contribution in [3.63, 3.8) is 0 Å². The van der Waals surface area contributed by atoms with Gasteiger partial charge in [0.25, 0.3) is 0 Å². The molecule has 0 radical (unpaired) electrons. The Hall–Kier alpha value is -1.78. The average molecular weight is 325 g/mol. The van der Waals surface area contributed by atoms with Crippen molar-refractivity contribution in [3.8, 4) is 11.4 Å². The van der Waals surface area contributed by atoms with Crippen molar-refractivity contribution < 1.29 is 9.13 Å². The first-order chi connectivity index (χ1) is 10.1. The number of methoxy groups -OCH3 is 1. The number of ether oxygens (including phenoxy) is 1. The number of fused-ring (bicyclic) bond motifs is 1. The molecule has 0 atom stereocenters. The maximum absolute atomic E-state index is 13.6. The lowest BCUT2D eigenvalue weighted by atomic mass is 10.2. The Labute approximate surface area is 130 Å². The minimum Gasteiger partial charge on any atom is -0.497 e. The van der Waals surface area contributed by atoms with Crippen molar-refractivity contribution in [3.05, 3.63) is 53.1 Å². The molecular weight excluding hydrogens is 314 g/mol. The van der Waals surface area contributed by atoms with E-state index in [0.717, 1.165) is 5.69 Å². The van der Waals surface area contributed by atoms with Crippen molar-refractivity contribution in [1.82, 2.24) is 9.55 Å². The van der Waals surface area contributed by atoms with Gasteiger partial charge in [-0.1, -0.05) is 17.7 Å². The van der Waals surface area contributed by atoms with E-state index in [0.29, 0.717) is 22.6 Å². The number of hydrogen-bond acceptors (Lipinski definition) is 2. The minimum absolute atomic E-state index is 0.0488. The van der Waals surface area contributed by atoms with Crippen LogP contribution in [0, 0.1) is 5.82 Å². The van der Waals surface area contributed by atoms with Crippen LogP contribution in [0.15, 0.2) is 36.4 Å². The number of nitrogens with zero attached hydrogens (tertiary/aromatic N) is 2. The van der Waals surface area contributed by atoms with Crippen molar-refractivity contribution in [1.29, 1.82) is 0 Å². The van der Waals surface area contributed by atoms with Crippen molar-refractivity contribution in [2.75, 3.05) is 7.11 Å². The molecule has 6 heteroatoms. The van der Waals surface area contributed by atoms with Gasteiger partial charge in [-0.05, 0) is 18.2 Å². The molecule has 2 aromatic carbocycles. The topological polar surface area (TPSA) is 27.1 Å². The third-order valence-electron chi connectivity index (χ3n) is 3.20. The molecule has 0 aliphatic heterocycles. The monoisotopic (exact) mass is 324 g/mol. The molecule has 1 aromatic heterocycles. The molecule has 0 fully saturated rings. The second kappa shape index (κ2) is 5.54. The van der Waals surface area contributed by atoms with E-state index in [1.807, 2.05) is 28.8 Å². The van der Waals surface area contributed by atoms with Crippen LogP contribution in [0.5, 0.6) is 5.75 Å². The van der Waals surface area contributed by atoms with Gasteiger partial charge in [0.15, 0.2) is 0 Å². The molecule has 3 aromatic rings. The first-order valence-corrected chi connectivity index (χ1v) is 7.12. The molecule has 3 nitrogen and oxygen atoms in total. The number of hydrogen-bond donors (Lipinski definition) is 0. The summed E-state index contributed by atoms with van der Waals surface area (Å²) >= 11 is 11.8. The molecule has 21 heavy (non-hydrogen) atoms. The number of imidazole rings is 1. The molecule has 0 aliphatic rings. The SMILES string of the molecule is COc1cccc(-n2c(CCl)nc3cc(F)c(Cl)cc32)c1. The van der Waals surface area contributed by atoms with E-state index in [-0.39, 0.29) is 10.9 Å². The second-order valence-electron chi connectivity index (χ2n) is 4.45. The summed E-state index contributed by atoms with van der Waals surface area (Å²) in [5.74, 6) is 1.02. The molecule has 3 rings (SSSR count). The van der Waals surface area contributed by atoms with E-state index in [2.05, 4.69) is 4.98 Å². The van der Waals surface area contributed by atoms with E-state index in [9.17, 15) is 4.39 Å². The van der Waals surface area contributed by atoms with Gasteiger partial charge in [-0.15, -0.1) is 11.6 Å². The lowest BCUT2D eigenvalue weighted by Crippen LogP contribution is -1.99. The largest absolute Gasteiger partial charge is 0.497 e. The smallest absolute Gasteiger partial charge is 0.144 e. The van der Waals surface area contributed by atoms with Gasteiger partial charge in [-0.25, -0.2) is 9.37 Å². The summed E-state index contributed by atoms with van der Waals surface area (Å²) in [6, 6.07) is 10.3. The van der Waals surface area contributed by atoms with Crippen LogP contribution in [-0.2, 0) is 5.88 Å². The molecule has 0 unspecified atom stereocenters. The zero-order chi connectivity index (χ0) is 15.0. The van der Waals surface area contributed by atoms with E-state index in [1.54, 1.807) is 13.2 Å². The van der Waals surface area contributed by atoms with Crippen LogP contribution in [0.3, 0.4) is 0 Å². The van der Waals surface area contributed by atoms with Gasteiger partial charge in [0.1, 0.15) is 17.4 Å². The summed E-state index contributed by atoms with van der Waals surface area (Å²) in [5.41, 5.74) is 2.04. The predicted octanol–water partition coefficient (Wildman–Crippen LogP) is 4.57. The van der Waals surface area contributed by atoms with Gasteiger partial charge in [-0.2, -0.15) is 0 Å². The van der Waals surface area contributed by atoms with Crippen LogP contribution in [-0.4, -0.2) is 16.7 Å². The van der Waals surface area contributed by atoms with Gasteiger partial charge in [-0.3, -0.25) is 4.57 Å². The summed E-state index contributed by atoms with van der Waals surface area (Å²) in [6.07, 6.45) is 0. The zero-order valence-electron chi connectivity index (χ0n) is 11.1. The molecule has 0 bridgehead atoms. The normalized spacial score (nSPS) is 11.0. The van der Waals surface area contributed by atoms with E-state index < -0.39 is 5.82 Å². The Morgan fingerprint density at radius 2 is 2.10 bits per heavy atom. The van der Waals surface area contributed by atoms with Crippen molar-refractivity contribution >= 4 is 34.2 Å². The van der Waals surface area contributed by atoms with Gasteiger partial charge in [0, 0.05) is 12.1 Å². The third-order valence-corrected chi connectivity index (χ3v) is 3.73. The Balaban J connectivity index is 2.31. The van der Waals surface area contributed by atoms with E-state index in [1.165, 1.54) is 6.07 Å². The fourth-order valence-corrected chi connectivity index (χ4v) is 2.59. The van der Waals surface area contributed by atoms with E-state index >= 15 is 0 Å². The summed E-state index contributed by atoms with van der Waals surface area (Å²) in [6.45, 7) is 0. The maximum atomic E-state index is 13.6. The summed E-state index contributed by atoms with van der Waals surface area (Å²) < 4.78 is 20.7. The summed E-state index contributed by atoms with van der Waals surface area (Å²) in [4.78, 5) is 4.36. The average Bonchev–Trinajstić information content (AvgIpc) is 2.85. The highest BCUT2D eigenvalue weighted by molar-refractivity contribution is 6.31. The lowest BCUT2D eigenvalue weighted by molar-refractivity contribution is 0.414. The number of rotatable bonds is 3. The standard InChI is InChI=1S/C15H11Cl2FN2O/c1-21-10-4-2-3-9(5-10)20-14-6-11(17)12(18)7-13(14)19-15(20)8-16/h2-7H,8H2,1H3. The Kier molecular flexibility index (Phi) is 3.74. The molecule has 0 saturated heterocycles. The lowest BCUT2D eigenvalue weighted by Gasteiger charge is -2.09. The van der Waals surface area contributed by atoms with E-state index in [4.69, 9.17) is 27.9 Å². The molecule has 108 valence electrons. The maximum Gasteiger partial charge on any atom is 0.144 e. The number of benzene rings is 2. The first-order valence-electron chi connectivity index (χ1n) is 6.21. The summed E-state index contributed by atoms with van der Waals surface area (Å²) in [7, 11) is 1.60. The van der Waals surface area contributed by atoms with Gasteiger partial charge in [0.05, 0.1) is 34.7 Å². The van der Waals surface area contributed by atoms with Crippen molar-refractivity contribution in [2.45, 2.75) is 5.88 Å². The molecule has 1 heterocycles. The summed E-state index contributed by atoms with van der Waals surface area (Å²) in [5, 5.41) is 0.0488. The third kappa shape index (κ3) is 2.45. The number of aromatic nitrogens is 2. The van der Waals surface area contributed by atoms with Crippen molar-refractivity contribution in [2.24, 2.45) is 0 Å². The van der Waals surface area contributed by atoms with Crippen LogP contribution in [0.1, 0.15) is 5.82 Å². The van der Waals surface area contributed by atoms with Gasteiger partial charge < -0.3 is 4.74 Å². The molecule has 0 aliphatic carbocycles. The molecule has 0 saturated carbocycles. The number of halogens is 3. The fraction of sp³-hybridized carbons (Fsp3) is 0.133. The predicted molar refractivity (Wildman–Crippen MR) is 82.1 cm³/mol. The Morgan fingerprint density at radius 3 is 2.81 bits per heavy atom. The first kappa shape index (κ1) is 14.2. The highest BCUT2D eigenvalue weighted by atomic mass is 35.5. The molecular formula is C15H11Cl2FN2O. The fourth-order valence-electron chi connectivity index (χ4n) is 2.25. The second-order valence-corrected chi connectivity index (χ2v) is 5.13. The Bertz CT molecular complexity index is 817. The molecule has 0 N–H and O–H groups in total. The quantitative estimate of drug-likeness (QED) is 0.660. The van der Waals surface area contributed by atoms with Crippen LogP contribution < -0.4 is 4.74 Å². The zero-order valence-corrected chi connectivity index (χ0v) is 12.6.